The zero-order valence-electron chi connectivity index (χ0n) is 12.2. The van der Waals surface area contributed by atoms with Crippen LogP contribution in [0.1, 0.15) is 10.4 Å². The Kier molecular flexibility index (Phi) is 4.54. The normalized spacial score (nSPS) is 11.4. The Labute approximate surface area is 135 Å². The first-order valence-electron chi connectivity index (χ1n) is 6.40. The lowest BCUT2D eigenvalue weighted by Crippen LogP contribution is -2.19. The van der Waals surface area contributed by atoms with Crippen molar-refractivity contribution in [1.82, 2.24) is 0 Å². The second kappa shape index (κ2) is 6.13. The van der Waals surface area contributed by atoms with Crippen LogP contribution in [0.25, 0.3) is 11.1 Å². The number of hydrogen-bond donors (Lipinski definition) is 3. The number of amides is 1. The van der Waals surface area contributed by atoms with Gasteiger partial charge in [0.2, 0.25) is 15.9 Å². The number of carbonyl (C=O) groups excluding carboxylic acids is 1. The number of halogens is 3. The predicted molar refractivity (Wildman–Crippen MR) is 81.2 cm³/mol. The van der Waals surface area contributed by atoms with E-state index in [1.165, 1.54) is 25.2 Å². The Morgan fingerprint density at radius 3 is 2.21 bits per heavy atom. The highest BCUT2D eigenvalue weighted by Crippen LogP contribution is 2.35. The van der Waals surface area contributed by atoms with Crippen molar-refractivity contribution in [2.75, 3.05) is 12.4 Å². The van der Waals surface area contributed by atoms with Gasteiger partial charge < -0.3 is 11.1 Å². The second-order valence-electron chi connectivity index (χ2n) is 4.78. The molecule has 128 valence electrons. The summed E-state index contributed by atoms with van der Waals surface area (Å²) in [7, 11) is -3.24. The van der Waals surface area contributed by atoms with Gasteiger partial charge >= 0.3 is 0 Å². The van der Waals surface area contributed by atoms with E-state index in [-0.39, 0.29) is 11.1 Å². The largest absolute Gasteiger partial charge is 0.388 e. The summed E-state index contributed by atoms with van der Waals surface area (Å²) in [5.41, 5.74) is 4.55. The molecule has 0 atom stereocenters. The van der Waals surface area contributed by atoms with Crippen LogP contribution < -0.4 is 16.2 Å². The Bertz CT molecular complexity index is 946. The topological polar surface area (TPSA) is 115 Å². The molecule has 0 saturated heterocycles. The molecule has 0 heterocycles. The Hall–Kier alpha value is -2.59. The number of primary amides is 1. The minimum absolute atomic E-state index is 0.212. The average molecular weight is 359 g/mol. The number of anilines is 1. The number of benzene rings is 2. The SMILES string of the molecule is CNc1ccc(C(N)=O)c(-c2cc(F)c(F)c(F)c2S(N)(=O)=O)c1. The van der Waals surface area contributed by atoms with Crippen LogP contribution in [-0.4, -0.2) is 21.4 Å². The number of primary sulfonamides is 1. The van der Waals surface area contributed by atoms with Gasteiger partial charge in [0.15, 0.2) is 17.5 Å². The van der Waals surface area contributed by atoms with E-state index >= 15 is 0 Å². The maximum Gasteiger partial charge on any atom is 0.249 e. The van der Waals surface area contributed by atoms with Gasteiger partial charge in [-0.05, 0) is 29.8 Å². The fourth-order valence-corrected chi connectivity index (χ4v) is 3.01. The van der Waals surface area contributed by atoms with Gasteiger partial charge in [-0.3, -0.25) is 4.79 Å². The Morgan fingerprint density at radius 2 is 1.71 bits per heavy atom. The van der Waals surface area contributed by atoms with Gasteiger partial charge in [-0.25, -0.2) is 26.7 Å². The summed E-state index contributed by atoms with van der Waals surface area (Å²) in [6.45, 7) is 0. The molecule has 0 radical (unpaired) electrons. The van der Waals surface area contributed by atoms with E-state index < -0.39 is 43.8 Å². The summed E-state index contributed by atoms with van der Waals surface area (Å²) in [6, 6.07) is 4.35. The monoisotopic (exact) mass is 359 g/mol. The van der Waals surface area contributed by atoms with Crippen molar-refractivity contribution in [1.29, 1.82) is 0 Å². The zero-order chi connectivity index (χ0) is 18.2. The summed E-state index contributed by atoms with van der Waals surface area (Å²) in [5.74, 6) is -6.58. The van der Waals surface area contributed by atoms with Crippen molar-refractivity contribution in [2.24, 2.45) is 10.9 Å². The van der Waals surface area contributed by atoms with Crippen LogP contribution >= 0.6 is 0 Å². The van der Waals surface area contributed by atoms with Crippen molar-refractivity contribution in [3.05, 3.63) is 47.3 Å². The molecule has 5 N–H and O–H groups in total. The highest BCUT2D eigenvalue weighted by atomic mass is 32.2. The molecule has 0 fully saturated rings. The summed E-state index contributed by atoms with van der Waals surface area (Å²) >= 11 is 0. The molecule has 0 aliphatic heterocycles. The van der Waals surface area contributed by atoms with Crippen molar-refractivity contribution >= 4 is 21.6 Å². The van der Waals surface area contributed by atoms with E-state index in [9.17, 15) is 26.4 Å². The van der Waals surface area contributed by atoms with Gasteiger partial charge in [0.1, 0.15) is 4.90 Å². The van der Waals surface area contributed by atoms with E-state index in [2.05, 4.69) is 5.32 Å². The average Bonchev–Trinajstić information content (AvgIpc) is 2.50. The lowest BCUT2D eigenvalue weighted by Gasteiger charge is -2.14. The van der Waals surface area contributed by atoms with Crippen LogP contribution in [0.5, 0.6) is 0 Å². The van der Waals surface area contributed by atoms with E-state index in [0.29, 0.717) is 11.8 Å². The summed E-state index contributed by atoms with van der Waals surface area (Å²) < 4.78 is 64.4. The third-order valence-electron chi connectivity index (χ3n) is 3.27. The molecule has 0 aliphatic rings. The first kappa shape index (κ1) is 17.8. The predicted octanol–water partition coefficient (Wildman–Crippen LogP) is 1.56. The molecule has 0 unspecified atom stereocenters. The molecule has 0 saturated carbocycles. The maximum absolute atomic E-state index is 14.0. The molecule has 10 heteroatoms. The molecule has 2 rings (SSSR count). The molecule has 0 bridgehead atoms. The fraction of sp³-hybridized carbons (Fsp3) is 0.0714. The van der Waals surface area contributed by atoms with Crippen LogP contribution in [0.15, 0.2) is 29.2 Å². The molecule has 1 amide bonds. The van der Waals surface area contributed by atoms with Crippen molar-refractivity contribution in [2.45, 2.75) is 4.90 Å². The number of carbonyl (C=O) groups is 1. The molecule has 2 aromatic rings. The van der Waals surface area contributed by atoms with Gasteiger partial charge in [-0.2, -0.15) is 0 Å². The van der Waals surface area contributed by atoms with Gasteiger partial charge in [0.05, 0.1) is 0 Å². The van der Waals surface area contributed by atoms with Crippen molar-refractivity contribution < 1.29 is 26.4 Å². The summed E-state index contributed by atoms with van der Waals surface area (Å²) in [5, 5.41) is 7.63. The second-order valence-corrected chi connectivity index (χ2v) is 6.28. The number of nitrogens with two attached hydrogens (primary N) is 2. The molecule has 6 nitrogen and oxygen atoms in total. The summed E-state index contributed by atoms with van der Waals surface area (Å²) in [6.07, 6.45) is 0. The highest BCUT2D eigenvalue weighted by molar-refractivity contribution is 7.89. The zero-order valence-corrected chi connectivity index (χ0v) is 13.0. The quantitative estimate of drug-likeness (QED) is 0.719. The molecule has 0 aromatic heterocycles. The van der Waals surface area contributed by atoms with Gasteiger partial charge in [-0.15, -0.1) is 0 Å². The molecule has 0 spiro atoms. The first-order chi connectivity index (χ1) is 11.1. The van der Waals surface area contributed by atoms with E-state index in [0.717, 1.165) is 0 Å². The molecule has 24 heavy (non-hydrogen) atoms. The smallest absolute Gasteiger partial charge is 0.249 e. The highest BCUT2D eigenvalue weighted by Gasteiger charge is 2.28. The van der Waals surface area contributed by atoms with Crippen LogP contribution in [0.4, 0.5) is 18.9 Å². The minimum Gasteiger partial charge on any atom is -0.388 e. The lowest BCUT2D eigenvalue weighted by molar-refractivity contribution is 0.100. The number of nitrogens with one attached hydrogen (secondary N) is 1. The van der Waals surface area contributed by atoms with Crippen LogP contribution in [0.3, 0.4) is 0 Å². The van der Waals surface area contributed by atoms with Crippen LogP contribution in [-0.2, 0) is 10.0 Å². The van der Waals surface area contributed by atoms with E-state index in [1.807, 2.05) is 0 Å². The molecular weight excluding hydrogens is 347 g/mol. The van der Waals surface area contributed by atoms with Crippen molar-refractivity contribution in [3.8, 4) is 11.1 Å². The van der Waals surface area contributed by atoms with Crippen LogP contribution in [0, 0.1) is 17.5 Å². The lowest BCUT2D eigenvalue weighted by atomic mass is 9.98. The van der Waals surface area contributed by atoms with E-state index in [4.69, 9.17) is 10.9 Å². The Morgan fingerprint density at radius 1 is 1.08 bits per heavy atom. The molecule has 2 aromatic carbocycles. The van der Waals surface area contributed by atoms with Gasteiger partial charge in [0, 0.05) is 23.9 Å². The van der Waals surface area contributed by atoms with Crippen molar-refractivity contribution in [3.63, 3.8) is 0 Å². The molecular formula is C14H12F3N3O3S. The van der Waals surface area contributed by atoms with Crippen LogP contribution in [0.2, 0.25) is 0 Å². The van der Waals surface area contributed by atoms with Gasteiger partial charge in [-0.1, -0.05) is 0 Å². The molecule has 0 aliphatic carbocycles. The maximum atomic E-state index is 14.0. The Balaban J connectivity index is 3.00. The standard InChI is InChI=1S/C14H12F3N3O3S/c1-20-6-2-3-7(14(18)21)8(4-6)9-5-10(15)11(16)12(17)13(9)24(19,22)23/h2-5,20H,1H3,(H2,18,21)(H2,19,22,23). The van der Waals surface area contributed by atoms with E-state index in [1.54, 1.807) is 0 Å². The van der Waals surface area contributed by atoms with Gasteiger partial charge in [0.25, 0.3) is 0 Å². The first-order valence-corrected chi connectivity index (χ1v) is 7.94. The minimum atomic E-state index is -4.77. The number of rotatable bonds is 4. The fourth-order valence-electron chi connectivity index (χ4n) is 2.19. The third-order valence-corrected chi connectivity index (χ3v) is 4.23. The third kappa shape index (κ3) is 3.05. The summed E-state index contributed by atoms with van der Waals surface area (Å²) in [4.78, 5) is 10.3. The number of hydrogen-bond acceptors (Lipinski definition) is 4. The number of sulfonamides is 1.